The Bertz CT molecular complexity index is 688. The van der Waals surface area contributed by atoms with Crippen molar-refractivity contribution >= 4 is 16.8 Å². The molecule has 0 aliphatic carbocycles. The highest BCUT2D eigenvalue weighted by Crippen LogP contribution is 2.20. The molecule has 0 saturated carbocycles. The smallest absolute Gasteiger partial charge is 0.382 e. The minimum atomic E-state index is -4.74. The van der Waals surface area contributed by atoms with Gasteiger partial charge in [-0.3, -0.25) is 0 Å². The minimum Gasteiger partial charge on any atom is -0.382 e. The largest absolute Gasteiger partial charge is 0.416 e. The molecule has 0 aliphatic rings. The lowest BCUT2D eigenvalue weighted by Crippen LogP contribution is -2.45. The molecule has 124 valence electrons. The number of halogens is 3. The first-order valence-electron chi connectivity index (χ1n) is 6.99. The first-order valence-corrected chi connectivity index (χ1v) is 6.99. The fraction of sp³-hybridized carbons (Fsp3) is 0.312. The third kappa shape index (κ3) is 4.59. The van der Waals surface area contributed by atoms with Crippen molar-refractivity contribution in [3.63, 3.8) is 0 Å². The van der Waals surface area contributed by atoms with E-state index >= 15 is 0 Å². The Morgan fingerprint density at radius 1 is 1.22 bits per heavy atom. The van der Waals surface area contributed by atoms with Gasteiger partial charge in [0.25, 0.3) is 0 Å². The second kappa shape index (κ2) is 6.87. The van der Waals surface area contributed by atoms with E-state index in [2.05, 4.69) is 5.32 Å². The molecule has 23 heavy (non-hydrogen) atoms. The van der Waals surface area contributed by atoms with Gasteiger partial charge in [-0.15, -0.1) is 0 Å². The van der Waals surface area contributed by atoms with Crippen molar-refractivity contribution in [1.29, 1.82) is 0 Å². The first-order chi connectivity index (χ1) is 10.8. The number of alkyl halides is 3. The molecule has 2 aromatic rings. The molecular formula is C16H17F3N2O2. The van der Waals surface area contributed by atoms with Crippen LogP contribution in [0.5, 0.6) is 0 Å². The molecule has 2 N–H and O–H groups in total. The summed E-state index contributed by atoms with van der Waals surface area (Å²) in [4.78, 5) is 12.6. The molecule has 0 aromatic heterocycles. The Hall–Kier alpha value is -2.28. The fourth-order valence-electron chi connectivity index (χ4n) is 2.11. The number of urea groups is 1. The SMILES string of the molecule is CN(C[C@@H](O)C(F)(F)F)C(=O)NCc1ccc2ccccc2c1. The van der Waals surface area contributed by atoms with Crippen molar-refractivity contribution < 1.29 is 23.1 Å². The van der Waals surface area contributed by atoms with Gasteiger partial charge in [0.1, 0.15) is 0 Å². The highest BCUT2D eigenvalue weighted by atomic mass is 19.4. The molecule has 4 nitrogen and oxygen atoms in total. The second-order valence-corrected chi connectivity index (χ2v) is 5.28. The number of carbonyl (C=O) groups excluding carboxylic acids is 1. The van der Waals surface area contributed by atoms with Gasteiger partial charge in [-0.05, 0) is 22.4 Å². The first kappa shape index (κ1) is 17.1. The summed E-state index contributed by atoms with van der Waals surface area (Å²) in [6, 6.07) is 12.7. The van der Waals surface area contributed by atoms with Crippen LogP contribution in [-0.4, -0.2) is 41.9 Å². The van der Waals surface area contributed by atoms with Gasteiger partial charge in [0.2, 0.25) is 0 Å². The average Bonchev–Trinajstić information content (AvgIpc) is 2.51. The Morgan fingerprint density at radius 3 is 2.52 bits per heavy atom. The van der Waals surface area contributed by atoms with E-state index in [-0.39, 0.29) is 6.54 Å². The van der Waals surface area contributed by atoms with Gasteiger partial charge in [-0.25, -0.2) is 4.79 Å². The summed E-state index contributed by atoms with van der Waals surface area (Å²) in [7, 11) is 1.20. The van der Waals surface area contributed by atoms with Crippen LogP contribution in [0.4, 0.5) is 18.0 Å². The van der Waals surface area contributed by atoms with E-state index in [1.807, 2.05) is 42.5 Å². The van der Waals surface area contributed by atoms with E-state index < -0.39 is 24.9 Å². The van der Waals surface area contributed by atoms with Crippen LogP contribution in [-0.2, 0) is 6.54 Å². The van der Waals surface area contributed by atoms with Crippen LogP contribution in [0, 0.1) is 0 Å². The maximum Gasteiger partial charge on any atom is 0.416 e. The second-order valence-electron chi connectivity index (χ2n) is 5.28. The number of amides is 2. The van der Waals surface area contributed by atoms with Gasteiger partial charge in [0, 0.05) is 13.6 Å². The van der Waals surface area contributed by atoms with Gasteiger partial charge in [-0.2, -0.15) is 13.2 Å². The van der Waals surface area contributed by atoms with Crippen LogP contribution in [0.15, 0.2) is 42.5 Å². The van der Waals surface area contributed by atoms with Crippen molar-refractivity contribution in [3.05, 3.63) is 48.0 Å². The Balaban J connectivity index is 1.92. The van der Waals surface area contributed by atoms with E-state index in [0.29, 0.717) is 0 Å². The third-order valence-corrected chi connectivity index (χ3v) is 3.43. The summed E-state index contributed by atoms with van der Waals surface area (Å²) < 4.78 is 36.8. The number of likely N-dealkylation sites (N-methyl/N-ethyl adjacent to an activating group) is 1. The third-order valence-electron chi connectivity index (χ3n) is 3.43. The summed E-state index contributed by atoms with van der Waals surface area (Å²) in [5.74, 6) is 0. The number of aliphatic hydroxyl groups excluding tert-OH is 1. The Labute approximate surface area is 131 Å². The molecule has 2 rings (SSSR count). The number of hydrogen-bond donors (Lipinski definition) is 2. The predicted molar refractivity (Wildman–Crippen MR) is 80.9 cm³/mol. The van der Waals surface area contributed by atoms with E-state index in [1.54, 1.807) is 0 Å². The molecule has 0 radical (unpaired) electrons. The van der Waals surface area contributed by atoms with Crippen LogP contribution < -0.4 is 5.32 Å². The number of benzene rings is 2. The van der Waals surface area contributed by atoms with Gasteiger partial charge in [0.15, 0.2) is 6.10 Å². The van der Waals surface area contributed by atoms with Crippen LogP contribution in [0.1, 0.15) is 5.56 Å². The summed E-state index contributed by atoms with van der Waals surface area (Å²) in [6.07, 6.45) is -7.30. The number of nitrogens with zero attached hydrogens (tertiary/aromatic N) is 1. The molecular weight excluding hydrogens is 309 g/mol. The molecule has 0 aliphatic heterocycles. The zero-order chi connectivity index (χ0) is 17.0. The summed E-state index contributed by atoms with van der Waals surface area (Å²) in [5.41, 5.74) is 0.835. The van der Waals surface area contributed by atoms with Crippen molar-refractivity contribution in [2.75, 3.05) is 13.6 Å². The number of fused-ring (bicyclic) bond motifs is 1. The number of nitrogens with one attached hydrogen (secondary N) is 1. The van der Waals surface area contributed by atoms with Crippen LogP contribution in [0.3, 0.4) is 0 Å². The molecule has 0 bridgehead atoms. The van der Waals surface area contributed by atoms with Crippen LogP contribution in [0.2, 0.25) is 0 Å². The molecule has 1 atom stereocenters. The molecule has 0 heterocycles. The zero-order valence-electron chi connectivity index (χ0n) is 12.5. The van der Waals surface area contributed by atoms with Gasteiger partial charge < -0.3 is 15.3 Å². The van der Waals surface area contributed by atoms with Crippen molar-refractivity contribution in [2.45, 2.75) is 18.8 Å². The highest BCUT2D eigenvalue weighted by molar-refractivity contribution is 5.83. The minimum absolute atomic E-state index is 0.191. The Morgan fingerprint density at radius 2 is 1.87 bits per heavy atom. The summed E-state index contributed by atoms with van der Waals surface area (Å²) in [5, 5.41) is 13.6. The number of hydrogen-bond acceptors (Lipinski definition) is 2. The van der Waals surface area contributed by atoms with Crippen molar-refractivity contribution in [1.82, 2.24) is 10.2 Å². The number of rotatable bonds is 4. The van der Waals surface area contributed by atoms with Gasteiger partial charge in [0.05, 0.1) is 6.54 Å². The van der Waals surface area contributed by atoms with E-state index in [1.165, 1.54) is 7.05 Å². The van der Waals surface area contributed by atoms with Crippen LogP contribution in [0.25, 0.3) is 10.8 Å². The quantitative estimate of drug-likeness (QED) is 0.908. The van der Waals surface area contributed by atoms with Gasteiger partial charge in [-0.1, -0.05) is 36.4 Å². The van der Waals surface area contributed by atoms with E-state index in [4.69, 9.17) is 5.11 Å². The fourth-order valence-corrected chi connectivity index (χ4v) is 2.11. The number of aliphatic hydroxyl groups is 1. The zero-order valence-corrected chi connectivity index (χ0v) is 12.5. The average molecular weight is 326 g/mol. The van der Waals surface area contributed by atoms with Crippen molar-refractivity contribution in [3.8, 4) is 0 Å². The van der Waals surface area contributed by atoms with Crippen LogP contribution >= 0.6 is 0 Å². The summed E-state index contributed by atoms with van der Waals surface area (Å²) >= 11 is 0. The maximum atomic E-state index is 12.3. The lowest BCUT2D eigenvalue weighted by atomic mass is 10.1. The molecule has 0 spiro atoms. The van der Waals surface area contributed by atoms with Crippen molar-refractivity contribution in [2.24, 2.45) is 0 Å². The monoisotopic (exact) mass is 326 g/mol. The molecule has 0 fully saturated rings. The molecule has 2 amide bonds. The standard InChI is InChI=1S/C16H17F3N2O2/c1-21(10-14(22)16(17,18)19)15(23)20-9-11-6-7-12-4-2-3-5-13(12)8-11/h2-8,14,22H,9-10H2,1H3,(H,20,23)/t14-/m1/s1. The molecule has 0 unspecified atom stereocenters. The van der Waals surface area contributed by atoms with E-state index in [9.17, 15) is 18.0 Å². The summed E-state index contributed by atoms with van der Waals surface area (Å²) in [6.45, 7) is -0.622. The predicted octanol–water partition coefficient (Wildman–Crippen LogP) is 2.90. The lowest BCUT2D eigenvalue weighted by molar-refractivity contribution is -0.205. The highest BCUT2D eigenvalue weighted by Gasteiger charge is 2.39. The number of carbonyl (C=O) groups is 1. The van der Waals surface area contributed by atoms with Gasteiger partial charge >= 0.3 is 12.2 Å². The topological polar surface area (TPSA) is 52.6 Å². The molecule has 0 saturated heterocycles. The normalized spacial score (nSPS) is 12.9. The molecule has 2 aromatic carbocycles. The maximum absolute atomic E-state index is 12.3. The Kier molecular flexibility index (Phi) is 5.10. The lowest BCUT2D eigenvalue weighted by Gasteiger charge is -2.22. The van der Waals surface area contributed by atoms with E-state index in [0.717, 1.165) is 21.2 Å². The molecule has 7 heteroatoms.